The second-order valence-electron chi connectivity index (χ2n) is 6.87. The van der Waals surface area contributed by atoms with Crippen LogP contribution < -0.4 is 15.5 Å². The fourth-order valence-electron chi connectivity index (χ4n) is 3.14. The lowest BCUT2D eigenvalue weighted by atomic mass is 10.1. The molecular formula is C20H31IN6O. The fourth-order valence-corrected chi connectivity index (χ4v) is 3.14. The number of guanidine groups is 1. The van der Waals surface area contributed by atoms with Crippen LogP contribution in [-0.2, 0) is 13.1 Å². The normalized spacial score (nSPS) is 14.5. The number of aromatic nitrogens is 2. The lowest BCUT2D eigenvalue weighted by Crippen LogP contribution is -2.36. The Balaban J connectivity index is 0.00000280. The maximum absolute atomic E-state index is 5.62. The van der Waals surface area contributed by atoms with Crippen LogP contribution in [0.25, 0.3) is 0 Å². The molecule has 0 radical (unpaired) electrons. The van der Waals surface area contributed by atoms with Gasteiger partial charge < -0.3 is 20.0 Å². The number of nitrogens with one attached hydrogen (secondary N) is 2. The number of aryl methyl sites for hydroxylation is 2. The summed E-state index contributed by atoms with van der Waals surface area (Å²) in [5.74, 6) is 3.34. The molecule has 3 rings (SSSR count). The summed E-state index contributed by atoms with van der Waals surface area (Å²) in [5.41, 5.74) is 2.08. The average molecular weight is 498 g/mol. The Hall–Kier alpha value is -1.84. The smallest absolute Gasteiger partial charge is 0.214 e. The first-order valence-corrected chi connectivity index (χ1v) is 9.80. The maximum atomic E-state index is 5.62. The van der Waals surface area contributed by atoms with E-state index in [-0.39, 0.29) is 24.0 Å². The van der Waals surface area contributed by atoms with Gasteiger partial charge in [0.25, 0.3) is 0 Å². The van der Waals surface area contributed by atoms with Crippen molar-refractivity contribution in [2.24, 2.45) is 4.99 Å². The molecule has 0 unspecified atom stereocenters. The summed E-state index contributed by atoms with van der Waals surface area (Å²) in [6, 6.07) is 4.18. The highest BCUT2D eigenvalue weighted by molar-refractivity contribution is 14.0. The zero-order valence-electron chi connectivity index (χ0n) is 17.0. The van der Waals surface area contributed by atoms with Gasteiger partial charge in [-0.15, -0.1) is 24.0 Å². The molecule has 0 spiro atoms. The van der Waals surface area contributed by atoms with Gasteiger partial charge in [0.1, 0.15) is 11.6 Å². The maximum Gasteiger partial charge on any atom is 0.214 e. The molecule has 0 atom stereocenters. The second-order valence-corrected chi connectivity index (χ2v) is 6.87. The van der Waals surface area contributed by atoms with Gasteiger partial charge in [0.2, 0.25) is 5.89 Å². The molecule has 1 aliphatic rings. The largest absolute Gasteiger partial charge is 0.444 e. The summed E-state index contributed by atoms with van der Waals surface area (Å²) in [6.07, 6.45) is 5.70. The van der Waals surface area contributed by atoms with Gasteiger partial charge in [0.15, 0.2) is 5.96 Å². The van der Waals surface area contributed by atoms with E-state index in [0.717, 1.165) is 48.4 Å². The van der Waals surface area contributed by atoms with Crippen molar-refractivity contribution in [3.8, 4) is 0 Å². The summed E-state index contributed by atoms with van der Waals surface area (Å²) in [6.45, 7) is 10.0. The van der Waals surface area contributed by atoms with Crippen molar-refractivity contribution in [3.63, 3.8) is 0 Å². The van der Waals surface area contributed by atoms with Crippen LogP contribution in [0.2, 0.25) is 0 Å². The summed E-state index contributed by atoms with van der Waals surface area (Å²) in [7, 11) is 0. The molecule has 2 N–H and O–H groups in total. The number of anilines is 1. The van der Waals surface area contributed by atoms with Crippen molar-refractivity contribution in [2.75, 3.05) is 24.5 Å². The predicted molar refractivity (Wildman–Crippen MR) is 123 cm³/mol. The molecule has 28 heavy (non-hydrogen) atoms. The molecule has 3 heterocycles. The molecule has 0 aliphatic carbocycles. The molecule has 0 saturated carbocycles. The van der Waals surface area contributed by atoms with Crippen LogP contribution in [0.15, 0.2) is 27.7 Å². The number of hydrogen-bond acceptors (Lipinski definition) is 5. The number of hydrogen-bond donors (Lipinski definition) is 2. The molecule has 154 valence electrons. The Bertz CT molecular complexity index is 750. The van der Waals surface area contributed by atoms with Crippen molar-refractivity contribution < 1.29 is 4.42 Å². The van der Waals surface area contributed by atoms with E-state index < -0.39 is 0 Å². The quantitative estimate of drug-likeness (QED) is 0.361. The van der Waals surface area contributed by atoms with Gasteiger partial charge in [-0.25, -0.2) is 15.0 Å². The van der Waals surface area contributed by atoms with E-state index in [9.17, 15) is 0 Å². The van der Waals surface area contributed by atoms with Gasteiger partial charge >= 0.3 is 0 Å². The predicted octanol–water partition coefficient (Wildman–Crippen LogP) is 3.55. The topological polar surface area (TPSA) is 78.6 Å². The summed E-state index contributed by atoms with van der Waals surface area (Å²) < 4.78 is 5.62. The Labute approximate surface area is 184 Å². The van der Waals surface area contributed by atoms with Gasteiger partial charge in [-0.1, -0.05) is 0 Å². The standard InChI is InChI=1S/C20H30N6O.HI/c1-4-21-20(24-14-19-25-15(2)16(3)27-19)23-13-17-8-9-22-18(12-17)26-10-6-5-7-11-26;/h8-9,12H,4-7,10-11,13-14H2,1-3H3,(H2,21,23,24);1H. The van der Waals surface area contributed by atoms with Gasteiger partial charge in [-0.05, 0) is 57.7 Å². The Morgan fingerprint density at radius 3 is 2.68 bits per heavy atom. The Morgan fingerprint density at radius 1 is 1.21 bits per heavy atom. The number of halogens is 1. The van der Waals surface area contributed by atoms with E-state index in [1.807, 2.05) is 26.1 Å². The van der Waals surface area contributed by atoms with Crippen molar-refractivity contribution in [3.05, 3.63) is 41.2 Å². The van der Waals surface area contributed by atoms with E-state index in [2.05, 4.69) is 38.5 Å². The summed E-state index contributed by atoms with van der Waals surface area (Å²) in [4.78, 5) is 16.0. The number of aliphatic imine (C=N–C) groups is 1. The molecule has 0 bridgehead atoms. The highest BCUT2D eigenvalue weighted by Gasteiger charge is 2.12. The van der Waals surface area contributed by atoms with Crippen LogP contribution in [0.4, 0.5) is 5.82 Å². The molecule has 2 aromatic rings. The van der Waals surface area contributed by atoms with Crippen LogP contribution >= 0.6 is 24.0 Å². The van der Waals surface area contributed by atoms with Crippen molar-refractivity contribution >= 4 is 35.8 Å². The van der Waals surface area contributed by atoms with Gasteiger partial charge in [0, 0.05) is 25.8 Å². The van der Waals surface area contributed by atoms with E-state index in [1.54, 1.807) is 0 Å². The molecule has 1 fully saturated rings. The number of oxazole rings is 1. The van der Waals surface area contributed by atoms with Crippen LogP contribution in [0, 0.1) is 13.8 Å². The fraction of sp³-hybridized carbons (Fsp3) is 0.550. The minimum atomic E-state index is 0. The molecule has 1 aliphatic heterocycles. The minimum absolute atomic E-state index is 0. The molecule has 8 heteroatoms. The van der Waals surface area contributed by atoms with Gasteiger partial charge in [0.05, 0.1) is 18.8 Å². The van der Waals surface area contributed by atoms with Crippen LogP contribution in [0.1, 0.15) is 49.1 Å². The zero-order valence-corrected chi connectivity index (χ0v) is 19.3. The van der Waals surface area contributed by atoms with Crippen LogP contribution in [0.5, 0.6) is 0 Å². The third-order valence-corrected chi connectivity index (χ3v) is 4.73. The van der Waals surface area contributed by atoms with Gasteiger partial charge in [-0.3, -0.25) is 0 Å². The molecule has 1 saturated heterocycles. The molecule has 0 aromatic carbocycles. The number of nitrogens with zero attached hydrogens (tertiary/aromatic N) is 4. The lowest BCUT2D eigenvalue weighted by molar-refractivity contribution is 0.463. The summed E-state index contributed by atoms with van der Waals surface area (Å²) in [5, 5.41) is 6.55. The monoisotopic (exact) mass is 498 g/mol. The van der Waals surface area contributed by atoms with E-state index in [1.165, 1.54) is 19.3 Å². The van der Waals surface area contributed by atoms with E-state index in [0.29, 0.717) is 19.0 Å². The van der Waals surface area contributed by atoms with Gasteiger partial charge in [-0.2, -0.15) is 0 Å². The Morgan fingerprint density at radius 2 is 2.00 bits per heavy atom. The van der Waals surface area contributed by atoms with Crippen molar-refractivity contribution in [1.82, 2.24) is 20.6 Å². The zero-order chi connectivity index (χ0) is 19.1. The van der Waals surface area contributed by atoms with Crippen LogP contribution in [0.3, 0.4) is 0 Å². The number of pyridine rings is 1. The molecule has 2 aromatic heterocycles. The number of rotatable bonds is 6. The SMILES string of the molecule is CCNC(=NCc1ccnc(N2CCCCC2)c1)NCc1nc(C)c(C)o1.I. The first kappa shape index (κ1) is 22.4. The van der Waals surface area contributed by atoms with Crippen molar-refractivity contribution in [1.29, 1.82) is 0 Å². The number of piperidine rings is 1. The molecule has 0 amide bonds. The van der Waals surface area contributed by atoms with E-state index >= 15 is 0 Å². The van der Waals surface area contributed by atoms with Crippen molar-refractivity contribution in [2.45, 2.75) is 53.1 Å². The Kier molecular flexibility index (Phi) is 9.01. The summed E-state index contributed by atoms with van der Waals surface area (Å²) >= 11 is 0. The third-order valence-electron chi connectivity index (χ3n) is 4.73. The average Bonchev–Trinajstić information content (AvgIpc) is 3.02. The molecular weight excluding hydrogens is 467 g/mol. The third kappa shape index (κ3) is 6.35. The second kappa shape index (κ2) is 11.2. The highest BCUT2D eigenvalue weighted by atomic mass is 127. The lowest BCUT2D eigenvalue weighted by Gasteiger charge is -2.27. The first-order chi connectivity index (χ1) is 13.2. The highest BCUT2D eigenvalue weighted by Crippen LogP contribution is 2.18. The van der Waals surface area contributed by atoms with E-state index in [4.69, 9.17) is 9.41 Å². The molecule has 7 nitrogen and oxygen atoms in total. The van der Waals surface area contributed by atoms with Crippen LogP contribution in [-0.4, -0.2) is 35.6 Å². The first-order valence-electron chi connectivity index (χ1n) is 9.80. The minimum Gasteiger partial charge on any atom is -0.444 e.